The number of nitrogens with zero attached hydrogens (tertiary/aromatic N) is 1. The molecule has 0 radical (unpaired) electrons. The van der Waals surface area contributed by atoms with Gasteiger partial charge in [-0.05, 0) is 49.8 Å². The summed E-state index contributed by atoms with van der Waals surface area (Å²) in [4.78, 5) is 38.7. The largest absolute Gasteiger partial charge is 0.508 e. The van der Waals surface area contributed by atoms with Crippen molar-refractivity contribution >= 4 is 29.4 Å². The molecule has 2 aromatic carbocycles. The molecule has 0 saturated heterocycles. The van der Waals surface area contributed by atoms with Gasteiger partial charge < -0.3 is 9.84 Å². The molecule has 0 aromatic heterocycles. The van der Waals surface area contributed by atoms with Crippen LogP contribution in [0.15, 0.2) is 65.4 Å². The average molecular weight is 377 g/mol. The van der Waals surface area contributed by atoms with Crippen molar-refractivity contribution in [3.63, 3.8) is 0 Å². The van der Waals surface area contributed by atoms with Crippen molar-refractivity contribution in [2.24, 2.45) is 0 Å². The molecule has 6 nitrogen and oxygen atoms in total. The third-order valence-corrected chi connectivity index (χ3v) is 4.50. The molecule has 0 bridgehead atoms. The summed E-state index contributed by atoms with van der Waals surface area (Å²) in [7, 11) is 1.25. The molecule has 0 unspecified atom stereocenters. The van der Waals surface area contributed by atoms with E-state index in [1.54, 1.807) is 49.4 Å². The highest BCUT2D eigenvalue weighted by atomic mass is 16.5. The number of esters is 1. The second-order valence-electron chi connectivity index (χ2n) is 6.35. The summed E-state index contributed by atoms with van der Waals surface area (Å²) in [6, 6.07) is 12.9. The summed E-state index contributed by atoms with van der Waals surface area (Å²) >= 11 is 0. The first kappa shape index (κ1) is 19.1. The summed E-state index contributed by atoms with van der Waals surface area (Å²) in [5, 5.41) is 9.44. The van der Waals surface area contributed by atoms with Crippen molar-refractivity contribution in [3.05, 3.63) is 76.5 Å². The van der Waals surface area contributed by atoms with E-state index in [9.17, 15) is 19.5 Å². The molecular formula is C22H19NO5. The summed E-state index contributed by atoms with van der Waals surface area (Å²) in [5.74, 6) is -1.04. The van der Waals surface area contributed by atoms with E-state index in [-0.39, 0.29) is 22.7 Å². The zero-order valence-electron chi connectivity index (χ0n) is 15.7. The molecule has 1 amide bonds. The molecule has 0 aliphatic carbocycles. The molecule has 142 valence electrons. The maximum Gasteiger partial charge on any atom is 0.340 e. The number of hydrogen-bond acceptors (Lipinski definition) is 5. The van der Waals surface area contributed by atoms with E-state index >= 15 is 0 Å². The van der Waals surface area contributed by atoms with Crippen LogP contribution in [-0.2, 0) is 14.3 Å². The minimum absolute atomic E-state index is 0.0995. The van der Waals surface area contributed by atoms with Gasteiger partial charge in [0.2, 0.25) is 0 Å². The molecule has 0 atom stereocenters. The zero-order chi connectivity index (χ0) is 20.4. The maximum atomic E-state index is 13.2. The standard InChI is InChI=1S/C22H19NO5/c1-13-20(22(27)28-3)19(11-15-7-9-18(25)10-8-15)21(26)23(13)17-6-4-5-16(12-17)14(2)24/h4-12,25H,1-3H3/b19-11-. The van der Waals surface area contributed by atoms with Gasteiger partial charge in [0.1, 0.15) is 5.75 Å². The number of aromatic hydroxyl groups is 1. The topological polar surface area (TPSA) is 83.9 Å². The number of allylic oxidation sites excluding steroid dienone is 1. The number of phenols is 1. The first-order valence-corrected chi connectivity index (χ1v) is 8.59. The molecule has 0 fully saturated rings. The van der Waals surface area contributed by atoms with E-state index in [0.717, 1.165) is 0 Å². The van der Waals surface area contributed by atoms with Crippen LogP contribution in [-0.4, -0.2) is 29.9 Å². The van der Waals surface area contributed by atoms with Crippen molar-refractivity contribution in [2.45, 2.75) is 13.8 Å². The van der Waals surface area contributed by atoms with Gasteiger partial charge in [0.25, 0.3) is 5.91 Å². The lowest BCUT2D eigenvalue weighted by atomic mass is 10.0. The Morgan fingerprint density at radius 3 is 2.39 bits per heavy atom. The Morgan fingerprint density at radius 1 is 1.11 bits per heavy atom. The molecule has 1 heterocycles. The second kappa shape index (κ2) is 7.52. The predicted octanol–water partition coefficient (Wildman–Crippen LogP) is 3.47. The lowest BCUT2D eigenvalue weighted by Gasteiger charge is -2.18. The highest BCUT2D eigenvalue weighted by Crippen LogP contribution is 2.35. The fourth-order valence-electron chi connectivity index (χ4n) is 3.09. The SMILES string of the molecule is COC(=O)C1=C(C)N(c2cccc(C(C)=O)c2)C(=O)/C1=C\c1ccc(O)cc1. The van der Waals surface area contributed by atoms with Crippen LogP contribution in [0.3, 0.4) is 0 Å². The van der Waals surface area contributed by atoms with Gasteiger partial charge in [-0.3, -0.25) is 14.5 Å². The molecular weight excluding hydrogens is 358 g/mol. The molecule has 3 rings (SSSR count). The van der Waals surface area contributed by atoms with E-state index in [4.69, 9.17) is 4.74 Å². The molecule has 6 heteroatoms. The number of phenolic OH excluding ortho intramolecular Hbond substituents is 1. The van der Waals surface area contributed by atoms with Crippen LogP contribution in [0.1, 0.15) is 29.8 Å². The second-order valence-corrected chi connectivity index (χ2v) is 6.35. The van der Waals surface area contributed by atoms with Crippen LogP contribution in [0.25, 0.3) is 6.08 Å². The summed E-state index contributed by atoms with van der Waals surface area (Å²) in [6.45, 7) is 3.10. The summed E-state index contributed by atoms with van der Waals surface area (Å²) < 4.78 is 4.88. The average Bonchev–Trinajstić information content (AvgIpc) is 2.93. The van der Waals surface area contributed by atoms with Gasteiger partial charge in [0, 0.05) is 16.9 Å². The quantitative estimate of drug-likeness (QED) is 0.501. The maximum absolute atomic E-state index is 13.2. The lowest BCUT2D eigenvalue weighted by Crippen LogP contribution is -2.24. The number of benzene rings is 2. The predicted molar refractivity (Wildman–Crippen MR) is 105 cm³/mol. The molecule has 1 aliphatic heterocycles. The number of carbonyl (C=O) groups is 3. The van der Waals surface area contributed by atoms with Crippen LogP contribution in [0.5, 0.6) is 5.75 Å². The number of ether oxygens (including phenoxy) is 1. The number of amides is 1. The summed E-state index contributed by atoms with van der Waals surface area (Å²) in [5.41, 5.74) is 2.37. The lowest BCUT2D eigenvalue weighted by molar-refractivity contribution is -0.136. The number of carbonyl (C=O) groups excluding carboxylic acids is 3. The highest BCUT2D eigenvalue weighted by molar-refractivity contribution is 6.24. The van der Waals surface area contributed by atoms with Gasteiger partial charge in [-0.25, -0.2) is 4.79 Å². The molecule has 2 aromatic rings. The van der Waals surface area contributed by atoms with Crippen molar-refractivity contribution in [2.75, 3.05) is 12.0 Å². The van der Waals surface area contributed by atoms with Crippen molar-refractivity contribution in [1.82, 2.24) is 0 Å². The van der Waals surface area contributed by atoms with Gasteiger partial charge in [-0.1, -0.05) is 24.3 Å². The van der Waals surface area contributed by atoms with Gasteiger partial charge >= 0.3 is 5.97 Å². The first-order chi connectivity index (χ1) is 13.3. The van der Waals surface area contributed by atoms with Crippen LogP contribution in [0, 0.1) is 0 Å². The van der Waals surface area contributed by atoms with Gasteiger partial charge in [0.15, 0.2) is 5.78 Å². The smallest absolute Gasteiger partial charge is 0.340 e. The Morgan fingerprint density at radius 2 is 1.79 bits per heavy atom. The third kappa shape index (κ3) is 3.44. The molecule has 0 spiro atoms. The number of anilines is 1. The van der Waals surface area contributed by atoms with Gasteiger partial charge in [-0.2, -0.15) is 0 Å². The Hall–Kier alpha value is -3.67. The van der Waals surface area contributed by atoms with Gasteiger partial charge in [-0.15, -0.1) is 0 Å². The van der Waals surface area contributed by atoms with Crippen LogP contribution in [0.4, 0.5) is 5.69 Å². The van der Waals surface area contributed by atoms with Crippen molar-refractivity contribution in [3.8, 4) is 5.75 Å². The number of Topliss-reactive ketones (excluding diaryl/α,β-unsaturated/α-hetero) is 1. The fraction of sp³-hybridized carbons (Fsp3) is 0.136. The highest BCUT2D eigenvalue weighted by Gasteiger charge is 2.38. The first-order valence-electron chi connectivity index (χ1n) is 8.59. The van der Waals surface area contributed by atoms with E-state index in [0.29, 0.717) is 22.5 Å². The number of hydrogen-bond donors (Lipinski definition) is 1. The Bertz CT molecular complexity index is 1030. The van der Waals surface area contributed by atoms with Crippen LogP contribution < -0.4 is 4.90 Å². The molecule has 1 N–H and O–H groups in total. The Balaban J connectivity index is 2.14. The molecule has 0 saturated carbocycles. The molecule has 28 heavy (non-hydrogen) atoms. The normalized spacial score (nSPS) is 15.3. The monoisotopic (exact) mass is 377 g/mol. The van der Waals surface area contributed by atoms with Gasteiger partial charge in [0.05, 0.1) is 18.3 Å². The number of rotatable bonds is 4. The number of ketones is 1. The Labute approximate surface area is 162 Å². The Kier molecular flexibility index (Phi) is 5.13. The fourth-order valence-corrected chi connectivity index (χ4v) is 3.09. The van der Waals surface area contributed by atoms with Crippen molar-refractivity contribution in [1.29, 1.82) is 0 Å². The van der Waals surface area contributed by atoms with Crippen LogP contribution >= 0.6 is 0 Å². The van der Waals surface area contributed by atoms with Crippen LogP contribution in [0.2, 0.25) is 0 Å². The van der Waals surface area contributed by atoms with E-state index < -0.39 is 11.9 Å². The third-order valence-electron chi connectivity index (χ3n) is 4.50. The summed E-state index contributed by atoms with van der Waals surface area (Å²) in [6.07, 6.45) is 1.58. The molecule has 1 aliphatic rings. The van der Waals surface area contributed by atoms with Crippen molar-refractivity contribution < 1.29 is 24.2 Å². The van der Waals surface area contributed by atoms with E-state index in [1.807, 2.05) is 0 Å². The minimum Gasteiger partial charge on any atom is -0.508 e. The van der Waals surface area contributed by atoms with E-state index in [2.05, 4.69) is 0 Å². The number of methoxy groups -OCH3 is 1. The zero-order valence-corrected chi connectivity index (χ0v) is 15.7. The van der Waals surface area contributed by atoms with E-state index in [1.165, 1.54) is 31.1 Å². The minimum atomic E-state index is -0.624.